The summed E-state index contributed by atoms with van der Waals surface area (Å²) in [5.41, 5.74) is 0.160. The van der Waals surface area contributed by atoms with Crippen molar-refractivity contribution in [3.8, 4) is 5.75 Å². The van der Waals surface area contributed by atoms with Crippen molar-refractivity contribution in [2.24, 2.45) is 0 Å². The van der Waals surface area contributed by atoms with Gasteiger partial charge in [-0.3, -0.25) is 0 Å². The molecule has 2 heterocycles. The van der Waals surface area contributed by atoms with Gasteiger partial charge in [-0.1, -0.05) is 30.0 Å². The van der Waals surface area contributed by atoms with Crippen LogP contribution in [0.1, 0.15) is 10.3 Å². The van der Waals surface area contributed by atoms with E-state index in [-0.39, 0.29) is 5.44 Å². The van der Waals surface area contributed by atoms with E-state index in [9.17, 15) is 0 Å². The minimum absolute atomic E-state index is 0.160. The van der Waals surface area contributed by atoms with Gasteiger partial charge in [-0.15, -0.1) is 11.3 Å². The highest BCUT2D eigenvalue weighted by molar-refractivity contribution is 7.99. The number of benzene rings is 1. The predicted octanol–water partition coefficient (Wildman–Crippen LogP) is 3.93. The quantitative estimate of drug-likeness (QED) is 0.720. The molecule has 1 aromatic carbocycles. The van der Waals surface area contributed by atoms with E-state index in [1.807, 2.05) is 18.2 Å². The van der Waals surface area contributed by atoms with Crippen molar-refractivity contribution in [3.05, 3.63) is 46.7 Å². The molecular formula is C11H8OS2. The Labute approximate surface area is 90.7 Å². The topological polar surface area (TPSA) is 9.23 Å². The Bertz CT molecular complexity index is 411. The van der Waals surface area contributed by atoms with Crippen molar-refractivity contribution < 1.29 is 4.74 Å². The summed E-state index contributed by atoms with van der Waals surface area (Å²) in [5.74, 6) is 1.01. The molecule has 1 atom stereocenters. The maximum Gasteiger partial charge on any atom is 0.183 e. The normalized spacial score (nSPS) is 19.0. The summed E-state index contributed by atoms with van der Waals surface area (Å²) in [4.78, 5) is 2.53. The standard InChI is InChI=1S/C11H8OS2/c1-2-5-9-8(4-1)12-11(14-9)10-6-3-7-13-10/h1-7,11H. The fourth-order valence-electron chi connectivity index (χ4n) is 1.44. The van der Waals surface area contributed by atoms with Gasteiger partial charge in [0, 0.05) is 0 Å². The Balaban J connectivity index is 1.92. The van der Waals surface area contributed by atoms with Gasteiger partial charge in [0.25, 0.3) is 0 Å². The van der Waals surface area contributed by atoms with Gasteiger partial charge in [0.15, 0.2) is 5.44 Å². The minimum Gasteiger partial charge on any atom is -0.473 e. The summed E-state index contributed by atoms with van der Waals surface area (Å²) in [6, 6.07) is 12.4. The molecule has 14 heavy (non-hydrogen) atoms. The second-order valence-electron chi connectivity index (χ2n) is 3.03. The van der Waals surface area contributed by atoms with E-state index in [1.165, 1.54) is 9.77 Å². The third-order valence-electron chi connectivity index (χ3n) is 2.09. The van der Waals surface area contributed by atoms with Crippen molar-refractivity contribution >= 4 is 23.1 Å². The molecule has 1 aliphatic rings. The van der Waals surface area contributed by atoms with Crippen LogP contribution in [0.2, 0.25) is 0 Å². The van der Waals surface area contributed by atoms with Gasteiger partial charge < -0.3 is 4.74 Å². The highest BCUT2D eigenvalue weighted by Crippen LogP contribution is 2.48. The van der Waals surface area contributed by atoms with Crippen LogP contribution in [0.15, 0.2) is 46.7 Å². The molecule has 0 N–H and O–H groups in total. The second-order valence-corrected chi connectivity index (χ2v) is 5.11. The molecular weight excluding hydrogens is 212 g/mol. The fourth-order valence-corrected chi connectivity index (χ4v) is 3.35. The Morgan fingerprint density at radius 1 is 1.07 bits per heavy atom. The lowest BCUT2D eigenvalue weighted by molar-refractivity contribution is 0.306. The molecule has 0 amide bonds. The van der Waals surface area contributed by atoms with Gasteiger partial charge in [0.1, 0.15) is 5.75 Å². The maximum atomic E-state index is 5.82. The molecule has 0 radical (unpaired) electrons. The monoisotopic (exact) mass is 220 g/mol. The van der Waals surface area contributed by atoms with Crippen LogP contribution in [0.3, 0.4) is 0 Å². The molecule has 3 heteroatoms. The third-order valence-corrected chi connectivity index (χ3v) is 4.31. The predicted molar refractivity (Wildman–Crippen MR) is 60.0 cm³/mol. The second kappa shape index (κ2) is 3.33. The molecule has 0 saturated carbocycles. The Morgan fingerprint density at radius 2 is 2.00 bits per heavy atom. The van der Waals surface area contributed by atoms with Crippen molar-refractivity contribution in [2.45, 2.75) is 10.3 Å². The van der Waals surface area contributed by atoms with Gasteiger partial charge in [0.05, 0.1) is 9.77 Å². The highest BCUT2D eigenvalue weighted by atomic mass is 32.2. The zero-order chi connectivity index (χ0) is 9.38. The van der Waals surface area contributed by atoms with Crippen molar-refractivity contribution in [3.63, 3.8) is 0 Å². The van der Waals surface area contributed by atoms with Crippen LogP contribution in [0.25, 0.3) is 0 Å². The van der Waals surface area contributed by atoms with Crippen LogP contribution >= 0.6 is 23.1 Å². The molecule has 0 bridgehead atoms. The SMILES string of the molecule is c1csc(C2Oc3ccccc3S2)c1. The summed E-state index contributed by atoms with van der Waals surface area (Å²) in [7, 11) is 0. The van der Waals surface area contributed by atoms with Gasteiger partial charge in [-0.25, -0.2) is 0 Å². The Hall–Kier alpha value is -0.930. The lowest BCUT2D eigenvalue weighted by Crippen LogP contribution is -1.93. The number of thiophene rings is 1. The van der Waals surface area contributed by atoms with Gasteiger partial charge in [-0.2, -0.15) is 0 Å². The van der Waals surface area contributed by atoms with Crippen molar-refractivity contribution in [2.75, 3.05) is 0 Å². The van der Waals surface area contributed by atoms with E-state index >= 15 is 0 Å². The van der Waals surface area contributed by atoms with Crippen LogP contribution in [-0.2, 0) is 0 Å². The van der Waals surface area contributed by atoms with E-state index in [1.54, 1.807) is 23.1 Å². The van der Waals surface area contributed by atoms with Crippen molar-refractivity contribution in [1.29, 1.82) is 0 Å². The van der Waals surface area contributed by atoms with Gasteiger partial charge in [-0.05, 0) is 23.6 Å². The summed E-state index contributed by atoms with van der Waals surface area (Å²) in [5, 5.41) is 2.09. The average molecular weight is 220 g/mol. The van der Waals surface area contributed by atoms with Crippen LogP contribution in [0.4, 0.5) is 0 Å². The maximum absolute atomic E-state index is 5.82. The number of ether oxygens (including phenoxy) is 1. The lowest BCUT2D eigenvalue weighted by Gasteiger charge is -2.05. The van der Waals surface area contributed by atoms with E-state index in [2.05, 4.69) is 23.6 Å². The van der Waals surface area contributed by atoms with E-state index in [4.69, 9.17) is 4.74 Å². The number of thioether (sulfide) groups is 1. The first-order chi connectivity index (χ1) is 6.93. The zero-order valence-electron chi connectivity index (χ0n) is 7.34. The summed E-state index contributed by atoms with van der Waals surface area (Å²) < 4.78 is 5.82. The summed E-state index contributed by atoms with van der Waals surface area (Å²) >= 11 is 3.53. The van der Waals surface area contributed by atoms with E-state index in [0.717, 1.165) is 5.75 Å². The van der Waals surface area contributed by atoms with Crippen LogP contribution in [0, 0.1) is 0 Å². The number of rotatable bonds is 1. The lowest BCUT2D eigenvalue weighted by atomic mass is 10.3. The number of hydrogen-bond donors (Lipinski definition) is 0. The third kappa shape index (κ3) is 1.33. The number of para-hydroxylation sites is 1. The molecule has 1 nitrogen and oxygen atoms in total. The highest BCUT2D eigenvalue weighted by Gasteiger charge is 2.25. The molecule has 0 spiro atoms. The first kappa shape index (κ1) is 8.38. The number of fused-ring (bicyclic) bond motifs is 1. The molecule has 1 aromatic heterocycles. The minimum atomic E-state index is 0.160. The van der Waals surface area contributed by atoms with Crippen LogP contribution in [-0.4, -0.2) is 0 Å². The van der Waals surface area contributed by atoms with E-state index < -0.39 is 0 Å². The van der Waals surface area contributed by atoms with Crippen LogP contribution in [0.5, 0.6) is 5.75 Å². The molecule has 70 valence electrons. The Kier molecular flexibility index (Phi) is 2.00. The van der Waals surface area contributed by atoms with Gasteiger partial charge in [0.2, 0.25) is 0 Å². The first-order valence-corrected chi connectivity index (χ1v) is 6.15. The van der Waals surface area contributed by atoms with Crippen LogP contribution < -0.4 is 4.74 Å². The smallest absolute Gasteiger partial charge is 0.183 e. The summed E-state index contributed by atoms with van der Waals surface area (Å²) in [6.07, 6.45) is 0. The molecule has 3 rings (SSSR count). The largest absolute Gasteiger partial charge is 0.473 e. The molecule has 0 aliphatic carbocycles. The average Bonchev–Trinajstić information content (AvgIpc) is 2.86. The van der Waals surface area contributed by atoms with E-state index in [0.29, 0.717) is 0 Å². The Morgan fingerprint density at radius 3 is 2.79 bits per heavy atom. The zero-order valence-corrected chi connectivity index (χ0v) is 8.98. The number of hydrogen-bond acceptors (Lipinski definition) is 3. The summed E-state index contributed by atoms with van der Waals surface area (Å²) in [6.45, 7) is 0. The van der Waals surface area contributed by atoms with Crippen molar-refractivity contribution in [1.82, 2.24) is 0 Å². The molecule has 1 aliphatic heterocycles. The van der Waals surface area contributed by atoms with Gasteiger partial charge >= 0.3 is 0 Å². The molecule has 0 fully saturated rings. The fraction of sp³-hybridized carbons (Fsp3) is 0.0909. The molecule has 0 saturated heterocycles. The first-order valence-electron chi connectivity index (χ1n) is 4.39. The molecule has 1 unspecified atom stereocenters. The molecule has 2 aromatic rings.